The van der Waals surface area contributed by atoms with Gasteiger partial charge < -0.3 is 14.4 Å². The highest BCUT2D eigenvalue weighted by atomic mass is 16.5. The molecule has 2 aromatic heterocycles. The summed E-state index contributed by atoms with van der Waals surface area (Å²) in [7, 11) is 0. The second kappa shape index (κ2) is 2.91. The summed E-state index contributed by atoms with van der Waals surface area (Å²) in [6.45, 7) is 1.84. The highest BCUT2D eigenvalue weighted by Gasteiger charge is 2.24. The zero-order valence-corrected chi connectivity index (χ0v) is 7.30. The van der Waals surface area contributed by atoms with Gasteiger partial charge in [0.05, 0.1) is 11.8 Å². The molecule has 0 amide bonds. The maximum absolute atomic E-state index is 5.08. The molecule has 0 bridgehead atoms. The topological polar surface area (TPSA) is 77.0 Å². The van der Waals surface area contributed by atoms with E-state index in [2.05, 4.69) is 25.1 Å². The van der Waals surface area contributed by atoms with E-state index in [0.29, 0.717) is 11.8 Å². The lowest BCUT2D eigenvalue weighted by Gasteiger charge is -2.23. The van der Waals surface area contributed by atoms with Crippen LogP contribution in [0, 0.1) is 0 Å². The minimum atomic E-state index is 0.382. The van der Waals surface area contributed by atoms with Crippen LogP contribution in [-0.4, -0.2) is 28.4 Å². The summed E-state index contributed by atoms with van der Waals surface area (Å²) >= 11 is 0. The molecule has 1 saturated heterocycles. The van der Waals surface area contributed by atoms with Crippen molar-refractivity contribution >= 4 is 0 Å². The average molecular weight is 192 g/mol. The molecule has 0 spiro atoms. The fourth-order valence-electron chi connectivity index (χ4n) is 1.30. The molecule has 3 heterocycles. The predicted octanol–water partition coefficient (Wildman–Crippen LogP) is 0.411. The van der Waals surface area contributed by atoms with Crippen molar-refractivity contribution in [1.29, 1.82) is 0 Å². The fourth-order valence-corrected chi connectivity index (χ4v) is 1.30. The van der Waals surface area contributed by atoms with Crippen LogP contribution in [0.2, 0.25) is 0 Å². The van der Waals surface area contributed by atoms with Crippen molar-refractivity contribution in [2.75, 3.05) is 13.1 Å². The van der Waals surface area contributed by atoms with E-state index >= 15 is 0 Å². The van der Waals surface area contributed by atoms with Crippen molar-refractivity contribution in [1.82, 2.24) is 20.6 Å². The molecule has 0 aromatic carbocycles. The molecule has 6 nitrogen and oxygen atoms in total. The highest BCUT2D eigenvalue weighted by Crippen LogP contribution is 2.21. The summed E-state index contributed by atoms with van der Waals surface area (Å²) in [6.07, 6.45) is 3.03. The van der Waals surface area contributed by atoms with Crippen LogP contribution in [0.4, 0.5) is 0 Å². The lowest BCUT2D eigenvalue weighted by molar-refractivity contribution is 0.382. The van der Waals surface area contributed by atoms with E-state index < -0.39 is 0 Å². The average Bonchev–Trinajstić information content (AvgIpc) is 2.65. The molecule has 0 unspecified atom stereocenters. The van der Waals surface area contributed by atoms with Crippen LogP contribution in [0.5, 0.6) is 0 Å². The van der Waals surface area contributed by atoms with E-state index in [1.54, 1.807) is 6.20 Å². The molecule has 2 aromatic rings. The zero-order chi connectivity index (χ0) is 9.38. The third-order valence-electron chi connectivity index (χ3n) is 2.27. The van der Waals surface area contributed by atoms with Crippen LogP contribution in [0.1, 0.15) is 11.7 Å². The van der Waals surface area contributed by atoms with Crippen molar-refractivity contribution in [2.24, 2.45) is 0 Å². The Hall–Kier alpha value is -1.69. The Morgan fingerprint density at radius 1 is 1.43 bits per heavy atom. The van der Waals surface area contributed by atoms with Crippen molar-refractivity contribution < 1.29 is 9.05 Å². The van der Waals surface area contributed by atoms with E-state index in [-0.39, 0.29) is 0 Å². The molecule has 0 radical (unpaired) electrons. The van der Waals surface area contributed by atoms with Gasteiger partial charge in [0, 0.05) is 19.0 Å². The Morgan fingerprint density at radius 3 is 3.00 bits per heavy atom. The number of hydrogen-bond donors (Lipinski definition) is 1. The summed E-state index contributed by atoms with van der Waals surface area (Å²) in [5.74, 6) is 1.60. The van der Waals surface area contributed by atoms with Crippen LogP contribution in [-0.2, 0) is 0 Å². The lowest BCUT2D eigenvalue weighted by atomic mass is 10.0. The largest absolute Gasteiger partial charge is 0.364 e. The van der Waals surface area contributed by atoms with Crippen LogP contribution >= 0.6 is 0 Å². The lowest BCUT2D eigenvalue weighted by Crippen LogP contribution is -2.40. The Kier molecular flexibility index (Phi) is 1.60. The van der Waals surface area contributed by atoms with Crippen molar-refractivity contribution in [2.45, 2.75) is 5.92 Å². The van der Waals surface area contributed by atoms with Crippen LogP contribution in [0.3, 0.4) is 0 Å². The first-order valence-corrected chi connectivity index (χ1v) is 4.37. The summed E-state index contributed by atoms with van der Waals surface area (Å²) in [4.78, 5) is 4.26. The van der Waals surface area contributed by atoms with Gasteiger partial charge in [-0.05, 0) is 0 Å². The highest BCUT2D eigenvalue weighted by molar-refractivity contribution is 5.48. The zero-order valence-electron chi connectivity index (χ0n) is 7.30. The quantitative estimate of drug-likeness (QED) is 0.742. The minimum Gasteiger partial charge on any atom is -0.364 e. The van der Waals surface area contributed by atoms with E-state index in [0.717, 1.165) is 24.5 Å². The van der Waals surface area contributed by atoms with Crippen LogP contribution in [0.25, 0.3) is 11.5 Å². The Labute approximate surface area is 79.3 Å². The van der Waals surface area contributed by atoms with E-state index in [4.69, 9.17) is 4.52 Å². The van der Waals surface area contributed by atoms with Crippen molar-refractivity contribution in [3.05, 3.63) is 18.3 Å². The maximum atomic E-state index is 5.08. The smallest absolute Gasteiger partial charge is 0.262 e. The normalized spacial score (nSPS) is 16.9. The van der Waals surface area contributed by atoms with Gasteiger partial charge in [-0.3, -0.25) is 0 Å². The number of nitrogens with one attached hydrogen (secondary N) is 1. The minimum absolute atomic E-state index is 0.382. The molecule has 0 atom stereocenters. The van der Waals surface area contributed by atoms with E-state index in [1.807, 2.05) is 0 Å². The summed E-state index contributed by atoms with van der Waals surface area (Å²) < 4.78 is 9.77. The molecule has 3 rings (SSSR count). The molecule has 1 fully saturated rings. The molecule has 1 aliphatic rings. The van der Waals surface area contributed by atoms with Gasteiger partial charge in [0.1, 0.15) is 6.26 Å². The van der Waals surface area contributed by atoms with Gasteiger partial charge in [-0.15, -0.1) is 0 Å². The molecule has 14 heavy (non-hydrogen) atoms. The first-order valence-electron chi connectivity index (χ1n) is 4.37. The molecular formula is C8H8N4O2. The predicted molar refractivity (Wildman–Crippen MR) is 45.4 cm³/mol. The maximum Gasteiger partial charge on any atom is 0.262 e. The van der Waals surface area contributed by atoms with Gasteiger partial charge in [-0.25, -0.2) is 0 Å². The Balaban J connectivity index is 1.90. The first kappa shape index (κ1) is 7.69. The van der Waals surface area contributed by atoms with E-state index in [1.165, 1.54) is 6.26 Å². The Morgan fingerprint density at radius 2 is 2.36 bits per heavy atom. The molecule has 1 N–H and O–H groups in total. The van der Waals surface area contributed by atoms with Crippen LogP contribution in [0.15, 0.2) is 21.5 Å². The second-order valence-corrected chi connectivity index (χ2v) is 3.23. The van der Waals surface area contributed by atoms with Gasteiger partial charge in [0.25, 0.3) is 5.89 Å². The third kappa shape index (κ3) is 1.12. The number of nitrogens with zero attached hydrogens (tertiary/aromatic N) is 3. The molecule has 1 aliphatic heterocycles. The van der Waals surface area contributed by atoms with Gasteiger partial charge in [0.15, 0.2) is 5.82 Å². The summed E-state index contributed by atoms with van der Waals surface area (Å²) in [6, 6.07) is 0. The van der Waals surface area contributed by atoms with E-state index in [9.17, 15) is 0 Å². The Bertz CT molecular complexity index is 418. The molecule has 72 valence electrons. The van der Waals surface area contributed by atoms with Gasteiger partial charge in [-0.1, -0.05) is 10.3 Å². The molecule has 0 aliphatic carbocycles. The molecule has 0 saturated carbocycles. The number of aromatic nitrogens is 3. The SMILES string of the molecule is c1nocc1-c1nc(C2CNC2)no1. The first-order chi connectivity index (χ1) is 6.93. The summed E-state index contributed by atoms with van der Waals surface area (Å²) in [5.41, 5.74) is 0.719. The standard InChI is InChI=1S/C8H8N4O2/c1-5(2-9-1)7-11-8(14-12-7)6-3-10-13-4-6/h3-5,9H,1-2H2. The third-order valence-corrected chi connectivity index (χ3v) is 2.27. The second-order valence-electron chi connectivity index (χ2n) is 3.23. The van der Waals surface area contributed by atoms with Gasteiger partial charge in [0.2, 0.25) is 0 Å². The fraction of sp³-hybridized carbons (Fsp3) is 0.375. The van der Waals surface area contributed by atoms with Gasteiger partial charge in [-0.2, -0.15) is 4.98 Å². The number of hydrogen-bond acceptors (Lipinski definition) is 6. The monoisotopic (exact) mass is 192 g/mol. The summed E-state index contributed by atoms with van der Waals surface area (Å²) in [5, 5.41) is 10.6. The molecular weight excluding hydrogens is 184 g/mol. The van der Waals surface area contributed by atoms with Crippen LogP contribution < -0.4 is 5.32 Å². The van der Waals surface area contributed by atoms with Gasteiger partial charge >= 0.3 is 0 Å². The molecule has 6 heteroatoms. The van der Waals surface area contributed by atoms with Crippen molar-refractivity contribution in [3.8, 4) is 11.5 Å². The number of rotatable bonds is 2. The van der Waals surface area contributed by atoms with Crippen molar-refractivity contribution in [3.63, 3.8) is 0 Å².